The lowest BCUT2D eigenvalue weighted by Crippen LogP contribution is -2.16. The van der Waals surface area contributed by atoms with Crippen LogP contribution in [-0.4, -0.2) is 23.3 Å². The van der Waals surface area contributed by atoms with E-state index in [0.717, 1.165) is 49.7 Å². The smallest absolute Gasteiger partial charge is 0.303 e. The van der Waals surface area contributed by atoms with Crippen molar-refractivity contribution in [3.05, 3.63) is 47.6 Å². The van der Waals surface area contributed by atoms with Crippen LogP contribution in [0.1, 0.15) is 87.0 Å². The van der Waals surface area contributed by atoms with Gasteiger partial charge in [0.2, 0.25) is 0 Å². The van der Waals surface area contributed by atoms with E-state index in [1.165, 1.54) is 18.1 Å². The summed E-state index contributed by atoms with van der Waals surface area (Å²) in [5.74, 6) is -0.231. The fourth-order valence-electron chi connectivity index (χ4n) is 2.25. The fraction of sp³-hybridized carbons (Fsp3) is 0.625. The minimum Gasteiger partial charge on any atom is -0.458 e. The monoisotopic (exact) mass is 378 g/mol. The zero-order valence-corrected chi connectivity index (χ0v) is 18.7. The highest BCUT2D eigenvalue weighted by Crippen LogP contribution is 2.13. The van der Waals surface area contributed by atoms with Crippen LogP contribution in [0.25, 0.3) is 0 Å². The molecule has 1 N–H and O–H groups in total. The van der Waals surface area contributed by atoms with Crippen molar-refractivity contribution in [1.82, 2.24) is 0 Å². The highest BCUT2D eigenvalue weighted by Gasteiger charge is 2.11. The minimum absolute atomic E-state index is 0.118. The van der Waals surface area contributed by atoms with E-state index in [2.05, 4.69) is 53.0 Å². The Morgan fingerprint density at radius 2 is 1.30 bits per heavy atom. The molecule has 2 unspecified atom stereocenters. The van der Waals surface area contributed by atoms with E-state index in [9.17, 15) is 9.90 Å². The van der Waals surface area contributed by atoms with Crippen molar-refractivity contribution in [2.75, 3.05) is 0 Å². The molecule has 0 spiro atoms. The Morgan fingerprint density at radius 3 is 1.63 bits per heavy atom. The predicted octanol–water partition coefficient (Wildman–Crippen LogP) is 6.69. The molecule has 0 aliphatic heterocycles. The van der Waals surface area contributed by atoms with Gasteiger partial charge in [-0.3, -0.25) is 4.79 Å². The summed E-state index contributed by atoms with van der Waals surface area (Å²) in [7, 11) is 0. The van der Waals surface area contributed by atoms with Gasteiger partial charge in [0.25, 0.3) is 0 Å². The average Bonchev–Trinajstić information content (AvgIpc) is 2.53. The first-order valence-corrected chi connectivity index (χ1v) is 9.90. The van der Waals surface area contributed by atoms with Gasteiger partial charge in [-0.2, -0.15) is 0 Å². The molecule has 0 fully saturated rings. The van der Waals surface area contributed by atoms with Crippen LogP contribution in [0.3, 0.4) is 0 Å². The molecule has 0 heterocycles. The van der Waals surface area contributed by atoms with Crippen LogP contribution in [0.2, 0.25) is 0 Å². The molecule has 0 aromatic rings. The number of carbonyl (C=O) groups is 1. The van der Waals surface area contributed by atoms with Crippen molar-refractivity contribution >= 4 is 5.97 Å². The molecule has 0 radical (unpaired) electrons. The molecule has 3 nitrogen and oxygen atoms in total. The molecule has 0 aromatic heterocycles. The lowest BCUT2D eigenvalue weighted by Gasteiger charge is -2.16. The molecule has 0 aromatic carbocycles. The Balaban J connectivity index is 0. The van der Waals surface area contributed by atoms with Crippen LogP contribution in [0, 0.1) is 0 Å². The quantitative estimate of drug-likeness (QED) is 0.247. The number of allylic oxidation sites excluding steroid dienone is 4. The van der Waals surface area contributed by atoms with Crippen molar-refractivity contribution in [2.24, 2.45) is 0 Å². The van der Waals surface area contributed by atoms with Gasteiger partial charge in [0.15, 0.2) is 0 Å². The van der Waals surface area contributed by atoms with Crippen molar-refractivity contribution in [3.63, 3.8) is 0 Å². The van der Waals surface area contributed by atoms with Crippen molar-refractivity contribution in [2.45, 2.75) is 99.2 Å². The molecular weight excluding hydrogens is 336 g/mol. The molecule has 156 valence electrons. The second kappa shape index (κ2) is 16.6. The Labute approximate surface area is 167 Å². The van der Waals surface area contributed by atoms with Crippen LogP contribution < -0.4 is 0 Å². The number of ether oxygens (including phenoxy) is 1. The van der Waals surface area contributed by atoms with Crippen molar-refractivity contribution in [3.8, 4) is 0 Å². The summed E-state index contributed by atoms with van der Waals surface area (Å²) in [6, 6.07) is 0. The van der Waals surface area contributed by atoms with E-state index in [0.29, 0.717) is 0 Å². The van der Waals surface area contributed by atoms with Gasteiger partial charge >= 0.3 is 5.97 Å². The van der Waals surface area contributed by atoms with Crippen LogP contribution in [0.15, 0.2) is 47.6 Å². The van der Waals surface area contributed by atoms with E-state index in [1.807, 2.05) is 13.8 Å². The number of rotatable bonds is 11. The molecule has 0 saturated carbocycles. The van der Waals surface area contributed by atoms with Crippen LogP contribution in [0.5, 0.6) is 0 Å². The highest BCUT2D eigenvalue weighted by atomic mass is 16.5. The maximum atomic E-state index is 10.8. The van der Waals surface area contributed by atoms with Gasteiger partial charge in [-0.25, -0.2) is 0 Å². The Hall–Kier alpha value is -1.61. The van der Waals surface area contributed by atoms with Gasteiger partial charge in [-0.15, -0.1) is 0 Å². The summed E-state index contributed by atoms with van der Waals surface area (Å²) in [6.07, 6.45) is 9.82. The van der Waals surface area contributed by atoms with Crippen LogP contribution in [0.4, 0.5) is 0 Å². The van der Waals surface area contributed by atoms with E-state index in [4.69, 9.17) is 4.74 Å². The first-order valence-electron chi connectivity index (χ1n) is 9.90. The molecule has 0 amide bonds. The highest BCUT2D eigenvalue weighted by molar-refractivity contribution is 5.66. The summed E-state index contributed by atoms with van der Waals surface area (Å²) >= 11 is 0. The Kier molecular flexibility index (Phi) is 16.9. The normalized spacial score (nSPS) is 12.0. The van der Waals surface area contributed by atoms with Gasteiger partial charge in [0, 0.05) is 6.92 Å². The van der Waals surface area contributed by atoms with Gasteiger partial charge in [0.05, 0.1) is 6.10 Å². The fourth-order valence-corrected chi connectivity index (χ4v) is 2.25. The average molecular weight is 379 g/mol. The molecule has 0 aliphatic carbocycles. The second-order valence-electron chi connectivity index (χ2n) is 7.73. The maximum Gasteiger partial charge on any atom is 0.303 e. The number of aliphatic hydroxyl groups excluding tert-OH is 1. The molecule has 27 heavy (non-hydrogen) atoms. The SMILES string of the molecule is C=C(C)C(CCCC=C(C)C)OC(C)=O.C=C(C)C(O)CCCC=C(C)C. The maximum absolute atomic E-state index is 10.8. The first kappa shape index (κ1) is 27.6. The first-order chi connectivity index (χ1) is 12.5. The summed E-state index contributed by atoms with van der Waals surface area (Å²) in [5.41, 5.74) is 4.46. The summed E-state index contributed by atoms with van der Waals surface area (Å²) < 4.78 is 5.16. The summed E-state index contributed by atoms with van der Waals surface area (Å²) in [4.78, 5) is 10.8. The number of unbranched alkanes of at least 4 members (excludes halogenated alkanes) is 2. The number of esters is 1. The third-order valence-corrected chi connectivity index (χ3v) is 3.88. The standard InChI is InChI=1S/C13H22O2.C11H20O/c1-10(2)8-6-7-9-13(11(3)4)15-12(5)14;1-9(2)7-5-6-8-11(12)10(3)4/h8,13H,3,6-7,9H2,1-2,4-5H3;7,11-12H,3,5-6,8H2,1-2,4H3. The summed E-state index contributed by atoms with van der Waals surface area (Å²) in [6.45, 7) is 21.1. The van der Waals surface area contributed by atoms with Crippen molar-refractivity contribution in [1.29, 1.82) is 0 Å². The Bertz CT molecular complexity index is 504. The second-order valence-corrected chi connectivity index (χ2v) is 7.73. The molecule has 0 rings (SSSR count). The van der Waals surface area contributed by atoms with E-state index < -0.39 is 0 Å². The van der Waals surface area contributed by atoms with Gasteiger partial charge < -0.3 is 9.84 Å². The molecule has 0 bridgehead atoms. The molecule has 3 heteroatoms. The molecule has 0 saturated heterocycles. The predicted molar refractivity (Wildman–Crippen MR) is 118 cm³/mol. The topological polar surface area (TPSA) is 46.5 Å². The van der Waals surface area contributed by atoms with E-state index >= 15 is 0 Å². The Morgan fingerprint density at radius 1 is 0.852 bits per heavy atom. The lowest BCUT2D eigenvalue weighted by molar-refractivity contribution is -0.144. The third kappa shape index (κ3) is 20.6. The number of hydrogen-bond acceptors (Lipinski definition) is 3. The number of aliphatic hydroxyl groups is 1. The lowest BCUT2D eigenvalue weighted by atomic mass is 10.1. The minimum atomic E-state index is -0.310. The molecular formula is C24H42O3. The van der Waals surface area contributed by atoms with Crippen LogP contribution in [-0.2, 0) is 9.53 Å². The van der Waals surface area contributed by atoms with E-state index in [-0.39, 0.29) is 18.2 Å². The van der Waals surface area contributed by atoms with Gasteiger partial charge in [-0.05, 0) is 85.6 Å². The van der Waals surface area contributed by atoms with Gasteiger partial charge in [0.1, 0.15) is 6.10 Å². The largest absolute Gasteiger partial charge is 0.458 e. The van der Waals surface area contributed by atoms with Crippen molar-refractivity contribution < 1.29 is 14.6 Å². The zero-order chi connectivity index (χ0) is 21.4. The van der Waals surface area contributed by atoms with E-state index in [1.54, 1.807) is 0 Å². The third-order valence-electron chi connectivity index (χ3n) is 3.88. The molecule has 2 atom stereocenters. The molecule has 0 aliphatic rings. The number of hydrogen-bond donors (Lipinski definition) is 1. The zero-order valence-electron chi connectivity index (χ0n) is 18.7. The number of carbonyl (C=O) groups excluding carboxylic acids is 1. The van der Waals surface area contributed by atoms with Gasteiger partial charge in [-0.1, -0.05) is 42.0 Å². The summed E-state index contributed by atoms with van der Waals surface area (Å²) in [5, 5.41) is 9.37. The van der Waals surface area contributed by atoms with Crippen LogP contribution >= 0.6 is 0 Å².